The van der Waals surface area contributed by atoms with E-state index in [1.165, 1.54) is 11.8 Å². The zero-order valence-electron chi connectivity index (χ0n) is 15.7. The summed E-state index contributed by atoms with van der Waals surface area (Å²) in [6, 6.07) is 0.124. The van der Waals surface area contributed by atoms with E-state index in [2.05, 4.69) is 29.4 Å². The van der Waals surface area contributed by atoms with Crippen LogP contribution in [0.2, 0.25) is 0 Å². The van der Waals surface area contributed by atoms with E-state index in [0.717, 1.165) is 19.4 Å². The van der Waals surface area contributed by atoms with Crippen molar-refractivity contribution in [2.45, 2.75) is 70.3 Å². The molecule has 0 spiro atoms. The van der Waals surface area contributed by atoms with Crippen molar-refractivity contribution in [1.29, 1.82) is 0 Å². The SMILES string of the molecule is CC(C)[C@H](C)NC(=O)CSc1nnc(CCC(N)=O)n1C[C@H]1CCCO1. The van der Waals surface area contributed by atoms with Crippen LogP contribution in [-0.2, 0) is 27.3 Å². The summed E-state index contributed by atoms with van der Waals surface area (Å²) in [6.07, 6.45) is 2.81. The average Bonchev–Trinajstić information content (AvgIpc) is 3.21. The maximum atomic E-state index is 12.1. The maximum absolute atomic E-state index is 12.1. The Bertz CT molecular complexity index is 614. The minimum Gasteiger partial charge on any atom is -0.376 e. The molecule has 1 aliphatic rings. The molecule has 2 amide bonds. The van der Waals surface area contributed by atoms with Gasteiger partial charge in [-0.15, -0.1) is 10.2 Å². The molecule has 8 nitrogen and oxygen atoms in total. The third-order valence-corrected chi connectivity index (χ3v) is 5.49. The average molecular weight is 384 g/mol. The monoisotopic (exact) mass is 383 g/mol. The van der Waals surface area contributed by atoms with Crippen LogP contribution in [0.15, 0.2) is 5.16 Å². The van der Waals surface area contributed by atoms with Crippen molar-refractivity contribution in [3.63, 3.8) is 0 Å². The van der Waals surface area contributed by atoms with Crippen molar-refractivity contribution in [3.05, 3.63) is 5.82 Å². The van der Waals surface area contributed by atoms with Crippen molar-refractivity contribution < 1.29 is 14.3 Å². The normalized spacial score (nSPS) is 18.2. The number of ether oxygens (including phenoxy) is 1. The van der Waals surface area contributed by atoms with E-state index in [0.29, 0.717) is 29.9 Å². The first-order chi connectivity index (χ1) is 12.4. The molecule has 0 radical (unpaired) electrons. The Morgan fingerprint density at radius 2 is 2.15 bits per heavy atom. The minimum atomic E-state index is -0.368. The summed E-state index contributed by atoms with van der Waals surface area (Å²) in [5.74, 6) is 0.969. The second-order valence-electron chi connectivity index (χ2n) is 7.00. The van der Waals surface area contributed by atoms with Gasteiger partial charge < -0.3 is 20.4 Å². The van der Waals surface area contributed by atoms with Crippen LogP contribution in [0.25, 0.3) is 0 Å². The number of aryl methyl sites for hydroxylation is 1. The maximum Gasteiger partial charge on any atom is 0.230 e. The van der Waals surface area contributed by atoms with Gasteiger partial charge >= 0.3 is 0 Å². The Labute approximate surface area is 158 Å². The number of aromatic nitrogens is 3. The third kappa shape index (κ3) is 6.28. The number of hydrogen-bond acceptors (Lipinski definition) is 6. The number of thioether (sulfide) groups is 1. The van der Waals surface area contributed by atoms with Crippen LogP contribution in [0.4, 0.5) is 0 Å². The first-order valence-electron chi connectivity index (χ1n) is 9.11. The van der Waals surface area contributed by atoms with Crippen LogP contribution in [0.5, 0.6) is 0 Å². The zero-order chi connectivity index (χ0) is 19.1. The van der Waals surface area contributed by atoms with Gasteiger partial charge in [-0.1, -0.05) is 25.6 Å². The fraction of sp³-hybridized carbons (Fsp3) is 0.765. The number of carbonyl (C=O) groups excluding carboxylic acids is 2. The van der Waals surface area contributed by atoms with Gasteiger partial charge in [0.15, 0.2) is 5.16 Å². The molecule has 0 aromatic carbocycles. The molecule has 1 saturated heterocycles. The molecule has 2 rings (SSSR count). The van der Waals surface area contributed by atoms with E-state index >= 15 is 0 Å². The van der Waals surface area contributed by atoms with Crippen molar-refractivity contribution in [3.8, 4) is 0 Å². The van der Waals surface area contributed by atoms with E-state index in [1.54, 1.807) is 0 Å². The van der Waals surface area contributed by atoms with Gasteiger partial charge in [0.05, 0.1) is 18.4 Å². The number of primary amides is 1. The number of rotatable bonds is 10. The van der Waals surface area contributed by atoms with E-state index < -0.39 is 0 Å². The lowest BCUT2D eigenvalue weighted by Gasteiger charge is -2.17. The molecular formula is C17H29N5O3S. The summed E-state index contributed by atoms with van der Waals surface area (Å²) in [6.45, 7) is 7.53. The Morgan fingerprint density at radius 1 is 1.38 bits per heavy atom. The first-order valence-corrected chi connectivity index (χ1v) is 10.1. The summed E-state index contributed by atoms with van der Waals surface area (Å²) < 4.78 is 7.67. The predicted molar refractivity (Wildman–Crippen MR) is 99.7 cm³/mol. The molecule has 2 atom stereocenters. The molecule has 0 unspecified atom stereocenters. The second-order valence-corrected chi connectivity index (χ2v) is 7.94. The number of nitrogens with two attached hydrogens (primary N) is 1. The quantitative estimate of drug-likeness (QED) is 0.586. The summed E-state index contributed by atoms with van der Waals surface area (Å²) in [5.41, 5.74) is 5.25. The van der Waals surface area contributed by atoms with E-state index in [9.17, 15) is 9.59 Å². The fourth-order valence-corrected chi connectivity index (χ4v) is 3.39. The first kappa shape index (κ1) is 20.7. The molecule has 26 heavy (non-hydrogen) atoms. The minimum absolute atomic E-state index is 0.0263. The van der Waals surface area contributed by atoms with Crippen LogP contribution < -0.4 is 11.1 Å². The highest BCUT2D eigenvalue weighted by atomic mass is 32.2. The second kappa shape index (κ2) is 9.91. The standard InChI is InChI=1S/C17H29N5O3S/c1-11(2)12(3)19-16(24)10-26-17-21-20-15(7-6-14(18)23)22(17)9-13-5-4-8-25-13/h11-13H,4-10H2,1-3H3,(H2,18,23)(H,19,24)/t12-,13+/m0/s1. The molecule has 1 fully saturated rings. The molecule has 0 aliphatic carbocycles. The van der Waals surface area contributed by atoms with Crippen molar-refractivity contribution in [1.82, 2.24) is 20.1 Å². The lowest BCUT2D eigenvalue weighted by atomic mass is 10.1. The van der Waals surface area contributed by atoms with Gasteiger partial charge in [0.2, 0.25) is 11.8 Å². The summed E-state index contributed by atoms with van der Waals surface area (Å²) >= 11 is 1.35. The lowest BCUT2D eigenvalue weighted by molar-refractivity contribution is -0.119. The van der Waals surface area contributed by atoms with Crippen molar-refractivity contribution in [2.75, 3.05) is 12.4 Å². The number of nitrogens with zero attached hydrogens (tertiary/aromatic N) is 3. The molecule has 0 saturated carbocycles. The molecule has 1 aliphatic heterocycles. The molecule has 1 aromatic heterocycles. The van der Waals surface area contributed by atoms with Gasteiger partial charge in [-0.3, -0.25) is 9.59 Å². The van der Waals surface area contributed by atoms with E-state index in [4.69, 9.17) is 10.5 Å². The third-order valence-electron chi connectivity index (χ3n) is 4.52. The van der Waals surface area contributed by atoms with Crippen molar-refractivity contribution in [2.24, 2.45) is 11.7 Å². The molecule has 1 aromatic rings. The van der Waals surface area contributed by atoms with Gasteiger partial charge in [0.1, 0.15) is 5.82 Å². The van der Waals surface area contributed by atoms with E-state index in [1.807, 2.05) is 11.5 Å². The Hall–Kier alpha value is -1.61. The van der Waals surface area contributed by atoms with Gasteiger partial charge in [-0.25, -0.2) is 0 Å². The fourth-order valence-electron chi connectivity index (χ4n) is 2.61. The molecule has 2 heterocycles. The topological polar surface area (TPSA) is 112 Å². The molecule has 0 bridgehead atoms. The number of carbonyl (C=O) groups is 2. The highest BCUT2D eigenvalue weighted by molar-refractivity contribution is 7.99. The summed E-state index contributed by atoms with van der Waals surface area (Å²) in [5, 5.41) is 12.1. The van der Waals surface area contributed by atoms with Crippen molar-refractivity contribution >= 4 is 23.6 Å². The smallest absolute Gasteiger partial charge is 0.230 e. The molecule has 9 heteroatoms. The zero-order valence-corrected chi connectivity index (χ0v) is 16.6. The van der Waals surface area contributed by atoms with Gasteiger partial charge in [0.25, 0.3) is 0 Å². The molecular weight excluding hydrogens is 354 g/mol. The number of hydrogen-bond donors (Lipinski definition) is 2. The largest absolute Gasteiger partial charge is 0.376 e. The van der Waals surface area contributed by atoms with Crippen LogP contribution in [0, 0.1) is 5.92 Å². The highest BCUT2D eigenvalue weighted by Crippen LogP contribution is 2.22. The Morgan fingerprint density at radius 3 is 2.77 bits per heavy atom. The molecule has 146 valence electrons. The molecule has 3 N–H and O–H groups in total. The summed E-state index contributed by atoms with van der Waals surface area (Å²) in [7, 11) is 0. The Balaban J connectivity index is 2.01. The lowest BCUT2D eigenvalue weighted by Crippen LogP contribution is -2.37. The van der Waals surface area contributed by atoms with Crippen LogP contribution in [0.3, 0.4) is 0 Å². The predicted octanol–water partition coefficient (Wildman–Crippen LogP) is 1.13. The number of amides is 2. The van der Waals surface area contributed by atoms with Gasteiger partial charge in [0, 0.05) is 25.5 Å². The van der Waals surface area contributed by atoms with Crippen LogP contribution in [-0.4, -0.2) is 51.1 Å². The van der Waals surface area contributed by atoms with E-state index in [-0.39, 0.29) is 36.1 Å². The number of nitrogens with one attached hydrogen (secondary N) is 1. The van der Waals surface area contributed by atoms with Gasteiger partial charge in [-0.05, 0) is 25.7 Å². The summed E-state index contributed by atoms with van der Waals surface area (Å²) in [4.78, 5) is 23.2. The van der Waals surface area contributed by atoms with Crippen LogP contribution >= 0.6 is 11.8 Å². The van der Waals surface area contributed by atoms with Gasteiger partial charge in [-0.2, -0.15) is 0 Å². The van der Waals surface area contributed by atoms with Crippen LogP contribution in [0.1, 0.15) is 45.9 Å². The highest BCUT2D eigenvalue weighted by Gasteiger charge is 2.22. The Kier molecular flexibility index (Phi) is 7.89.